The van der Waals surface area contributed by atoms with Crippen LogP contribution in [0.25, 0.3) is 11.4 Å². The summed E-state index contributed by atoms with van der Waals surface area (Å²) in [5.41, 5.74) is 4.54. The summed E-state index contributed by atoms with van der Waals surface area (Å²) in [6, 6.07) is 11.6. The van der Waals surface area contributed by atoms with Crippen molar-refractivity contribution in [1.29, 1.82) is 0 Å². The first kappa shape index (κ1) is 18.9. The summed E-state index contributed by atoms with van der Waals surface area (Å²) in [6.07, 6.45) is 6.70. The number of hydrogen-bond acceptors (Lipinski definition) is 4. The third-order valence-electron chi connectivity index (χ3n) is 5.52. The molecule has 0 saturated carbocycles. The van der Waals surface area contributed by atoms with E-state index in [9.17, 15) is 0 Å². The van der Waals surface area contributed by atoms with Crippen LogP contribution in [0, 0.1) is 11.3 Å². The third-order valence-corrected chi connectivity index (χ3v) is 5.78. The lowest BCUT2D eigenvalue weighted by molar-refractivity contribution is 0.215. The van der Waals surface area contributed by atoms with Crippen LogP contribution in [0.15, 0.2) is 48.8 Å². The summed E-state index contributed by atoms with van der Waals surface area (Å²) < 4.78 is 0. The molecule has 1 aliphatic rings. The van der Waals surface area contributed by atoms with E-state index >= 15 is 0 Å². The highest BCUT2D eigenvalue weighted by molar-refractivity contribution is 6.30. The number of nitrogens with zero attached hydrogens (tertiary/aromatic N) is 3. The Hall–Kier alpha value is -2.46. The zero-order valence-corrected chi connectivity index (χ0v) is 17.3. The first-order valence-corrected chi connectivity index (χ1v) is 10.1. The Morgan fingerprint density at radius 2 is 1.86 bits per heavy atom. The van der Waals surface area contributed by atoms with E-state index < -0.39 is 0 Å². The van der Waals surface area contributed by atoms with Gasteiger partial charge in [0.15, 0.2) is 5.82 Å². The van der Waals surface area contributed by atoms with Gasteiger partial charge < -0.3 is 5.32 Å². The maximum Gasteiger partial charge on any atom is 0.163 e. The largest absolute Gasteiger partial charge is 0.340 e. The van der Waals surface area contributed by atoms with E-state index in [-0.39, 0.29) is 5.41 Å². The lowest BCUT2D eigenvalue weighted by Gasteiger charge is -2.35. The monoisotopic (exact) mass is 392 g/mol. The molecule has 4 nitrogen and oxygen atoms in total. The van der Waals surface area contributed by atoms with E-state index in [0.29, 0.717) is 5.92 Å². The van der Waals surface area contributed by atoms with Crippen LogP contribution in [0.1, 0.15) is 38.4 Å². The van der Waals surface area contributed by atoms with Crippen molar-refractivity contribution in [2.45, 2.75) is 40.0 Å². The minimum atomic E-state index is 0.261. The molecule has 5 heteroatoms. The van der Waals surface area contributed by atoms with Crippen LogP contribution in [0.5, 0.6) is 0 Å². The van der Waals surface area contributed by atoms with E-state index in [0.717, 1.165) is 52.9 Å². The zero-order valence-electron chi connectivity index (χ0n) is 16.5. The second kappa shape index (κ2) is 7.51. The van der Waals surface area contributed by atoms with Gasteiger partial charge in [-0.25, -0.2) is 9.97 Å². The quantitative estimate of drug-likeness (QED) is 0.586. The lowest BCUT2D eigenvalue weighted by Crippen LogP contribution is -2.28. The molecular formula is C23H25ClN4. The molecule has 2 aromatic heterocycles. The molecule has 0 bridgehead atoms. The highest BCUT2D eigenvalue weighted by atomic mass is 35.5. The number of fused-ring (bicyclic) bond motifs is 1. The van der Waals surface area contributed by atoms with Crippen molar-refractivity contribution < 1.29 is 0 Å². The number of aromatic nitrogens is 3. The predicted octanol–water partition coefficient (Wildman–Crippen LogP) is 6.09. The Labute approximate surface area is 171 Å². The van der Waals surface area contributed by atoms with Crippen LogP contribution in [-0.2, 0) is 12.8 Å². The Balaban J connectivity index is 1.77. The molecular weight excluding hydrogens is 368 g/mol. The Bertz CT molecular complexity index is 962. The molecule has 0 saturated heterocycles. The molecule has 4 rings (SSSR count). The van der Waals surface area contributed by atoms with Gasteiger partial charge in [-0.1, -0.05) is 32.4 Å². The minimum absolute atomic E-state index is 0.261. The highest BCUT2D eigenvalue weighted by Crippen LogP contribution is 2.39. The first-order chi connectivity index (χ1) is 13.4. The van der Waals surface area contributed by atoms with Crippen LogP contribution >= 0.6 is 11.6 Å². The number of benzene rings is 1. The standard InChI is InChI=1S/C23H25ClN4/c1-23(2,3)16-6-11-20-19(13-16)22(26-18-9-7-17(24)8-10-18)28-21(27-20)15-5-4-12-25-14-15/h4-5,7-10,12,14,16H,6,11,13H2,1-3H3,(H,26,27,28)/t16-/m0/s1. The van der Waals surface area contributed by atoms with Gasteiger partial charge in [0.1, 0.15) is 5.82 Å². The summed E-state index contributed by atoms with van der Waals surface area (Å²) in [7, 11) is 0. The number of pyridine rings is 1. The molecule has 0 spiro atoms. The molecule has 1 aromatic carbocycles. The number of nitrogens with one attached hydrogen (secondary N) is 1. The Morgan fingerprint density at radius 1 is 1.07 bits per heavy atom. The second-order valence-electron chi connectivity index (χ2n) is 8.50. The molecule has 144 valence electrons. The maximum absolute atomic E-state index is 6.04. The average Bonchev–Trinajstić information content (AvgIpc) is 2.69. The van der Waals surface area contributed by atoms with Crippen LogP contribution in [0.4, 0.5) is 11.5 Å². The van der Waals surface area contributed by atoms with Gasteiger partial charge in [0.25, 0.3) is 0 Å². The molecule has 0 amide bonds. The Kier molecular flexibility index (Phi) is 5.07. The van der Waals surface area contributed by atoms with Gasteiger partial charge in [-0.05, 0) is 67.0 Å². The van der Waals surface area contributed by atoms with E-state index in [4.69, 9.17) is 21.6 Å². The topological polar surface area (TPSA) is 50.7 Å². The van der Waals surface area contributed by atoms with E-state index in [1.807, 2.05) is 42.6 Å². The van der Waals surface area contributed by atoms with Gasteiger partial charge in [-0.2, -0.15) is 0 Å². The van der Waals surface area contributed by atoms with Crippen molar-refractivity contribution in [3.05, 3.63) is 65.1 Å². The Morgan fingerprint density at radius 3 is 2.54 bits per heavy atom. The molecule has 1 atom stereocenters. The van der Waals surface area contributed by atoms with Gasteiger partial charge in [0, 0.05) is 39.9 Å². The lowest BCUT2D eigenvalue weighted by atomic mass is 9.71. The zero-order chi connectivity index (χ0) is 19.7. The van der Waals surface area contributed by atoms with Crippen LogP contribution < -0.4 is 5.32 Å². The summed E-state index contributed by atoms with van der Waals surface area (Å²) in [5.74, 6) is 2.22. The predicted molar refractivity (Wildman–Crippen MR) is 115 cm³/mol. The van der Waals surface area contributed by atoms with Crippen molar-refractivity contribution in [1.82, 2.24) is 15.0 Å². The van der Waals surface area contributed by atoms with Crippen LogP contribution in [0.2, 0.25) is 5.02 Å². The fourth-order valence-corrected chi connectivity index (χ4v) is 3.87. The molecule has 28 heavy (non-hydrogen) atoms. The molecule has 0 fully saturated rings. The van der Waals surface area contributed by atoms with Crippen molar-refractivity contribution in [3.63, 3.8) is 0 Å². The van der Waals surface area contributed by atoms with Gasteiger partial charge in [-0.15, -0.1) is 0 Å². The molecule has 0 radical (unpaired) electrons. The van der Waals surface area contributed by atoms with E-state index in [2.05, 4.69) is 31.1 Å². The summed E-state index contributed by atoms with van der Waals surface area (Å²) in [5, 5.41) is 4.23. The van der Waals surface area contributed by atoms with Gasteiger partial charge in [0.2, 0.25) is 0 Å². The summed E-state index contributed by atoms with van der Waals surface area (Å²) in [6.45, 7) is 6.96. The van der Waals surface area contributed by atoms with Gasteiger partial charge in [-0.3, -0.25) is 4.98 Å². The van der Waals surface area contributed by atoms with E-state index in [1.165, 1.54) is 5.56 Å². The minimum Gasteiger partial charge on any atom is -0.340 e. The van der Waals surface area contributed by atoms with Gasteiger partial charge >= 0.3 is 0 Å². The molecule has 2 heterocycles. The van der Waals surface area contributed by atoms with Crippen LogP contribution in [0.3, 0.4) is 0 Å². The second-order valence-corrected chi connectivity index (χ2v) is 8.94. The van der Waals surface area contributed by atoms with Crippen LogP contribution in [-0.4, -0.2) is 15.0 Å². The van der Waals surface area contributed by atoms with Crippen molar-refractivity contribution in [2.75, 3.05) is 5.32 Å². The normalized spacial score (nSPS) is 16.5. The van der Waals surface area contributed by atoms with Crippen molar-refractivity contribution >= 4 is 23.1 Å². The highest BCUT2D eigenvalue weighted by Gasteiger charge is 2.31. The molecule has 1 aliphatic carbocycles. The molecule has 0 unspecified atom stereocenters. The summed E-state index contributed by atoms with van der Waals surface area (Å²) >= 11 is 6.04. The van der Waals surface area contributed by atoms with E-state index in [1.54, 1.807) is 6.20 Å². The number of anilines is 2. The summed E-state index contributed by atoms with van der Waals surface area (Å²) in [4.78, 5) is 14.0. The molecule has 1 N–H and O–H groups in total. The number of rotatable bonds is 3. The number of hydrogen-bond donors (Lipinski definition) is 1. The smallest absolute Gasteiger partial charge is 0.163 e. The van der Waals surface area contributed by atoms with Gasteiger partial charge in [0.05, 0.1) is 0 Å². The molecule has 0 aliphatic heterocycles. The SMILES string of the molecule is CC(C)(C)[C@H]1CCc2nc(-c3cccnc3)nc(Nc3ccc(Cl)cc3)c2C1. The first-order valence-electron chi connectivity index (χ1n) is 9.73. The van der Waals surface area contributed by atoms with Crippen molar-refractivity contribution in [2.24, 2.45) is 11.3 Å². The maximum atomic E-state index is 6.04. The number of aryl methyl sites for hydroxylation is 1. The number of halogens is 1. The fraction of sp³-hybridized carbons (Fsp3) is 0.348. The average molecular weight is 393 g/mol. The third kappa shape index (κ3) is 4.02. The molecule has 3 aromatic rings. The van der Waals surface area contributed by atoms with Crippen molar-refractivity contribution in [3.8, 4) is 11.4 Å². The fourth-order valence-electron chi connectivity index (χ4n) is 3.75.